The number of para-hydroxylation sites is 1. The molecule has 2 aromatic rings. The van der Waals surface area contributed by atoms with Gasteiger partial charge in [0.05, 0.1) is 11.1 Å². The number of carbonyl (C=O) groups is 1. The molecule has 2 rings (SSSR count). The zero-order valence-corrected chi connectivity index (χ0v) is 12.8. The van der Waals surface area contributed by atoms with Crippen molar-refractivity contribution in [2.75, 3.05) is 13.2 Å². The molecule has 0 fully saturated rings. The number of fused-ring (bicyclic) bond motifs is 1. The van der Waals surface area contributed by atoms with Gasteiger partial charge in [0, 0.05) is 19.8 Å². The SMILES string of the molecule is Cc1nc2c(C(=O)O)cccc2n1CCCOCC(C)C. The van der Waals surface area contributed by atoms with E-state index in [-0.39, 0.29) is 5.56 Å². The molecule has 0 unspecified atom stereocenters. The Morgan fingerprint density at radius 2 is 2.19 bits per heavy atom. The minimum absolute atomic E-state index is 0.255. The lowest BCUT2D eigenvalue weighted by Gasteiger charge is -2.09. The van der Waals surface area contributed by atoms with E-state index in [1.807, 2.05) is 13.0 Å². The number of aromatic nitrogens is 2. The van der Waals surface area contributed by atoms with Gasteiger partial charge in [0.2, 0.25) is 0 Å². The van der Waals surface area contributed by atoms with Crippen LogP contribution < -0.4 is 0 Å². The summed E-state index contributed by atoms with van der Waals surface area (Å²) in [6.07, 6.45) is 0.885. The summed E-state index contributed by atoms with van der Waals surface area (Å²) < 4.78 is 7.64. The van der Waals surface area contributed by atoms with Crippen LogP contribution in [0.2, 0.25) is 0 Å². The number of rotatable bonds is 7. The van der Waals surface area contributed by atoms with Gasteiger partial charge in [-0.05, 0) is 31.4 Å². The van der Waals surface area contributed by atoms with Gasteiger partial charge in [0.1, 0.15) is 11.3 Å². The maximum Gasteiger partial charge on any atom is 0.337 e. The van der Waals surface area contributed by atoms with Crippen molar-refractivity contribution in [3.05, 3.63) is 29.6 Å². The number of ether oxygens (including phenoxy) is 1. The zero-order valence-electron chi connectivity index (χ0n) is 12.8. The van der Waals surface area contributed by atoms with Crippen LogP contribution in [0.5, 0.6) is 0 Å². The lowest BCUT2D eigenvalue weighted by atomic mass is 10.2. The second-order valence-corrected chi connectivity index (χ2v) is 5.61. The summed E-state index contributed by atoms with van der Waals surface area (Å²) in [7, 11) is 0. The van der Waals surface area contributed by atoms with Crippen molar-refractivity contribution in [1.82, 2.24) is 9.55 Å². The molecule has 114 valence electrons. The van der Waals surface area contributed by atoms with Crippen molar-refractivity contribution >= 4 is 17.0 Å². The van der Waals surface area contributed by atoms with Crippen molar-refractivity contribution in [3.63, 3.8) is 0 Å². The van der Waals surface area contributed by atoms with Gasteiger partial charge >= 0.3 is 5.97 Å². The highest BCUT2D eigenvalue weighted by molar-refractivity contribution is 6.01. The Hall–Kier alpha value is -1.88. The molecular weight excluding hydrogens is 268 g/mol. The van der Waals surface area contributed by atoms with Crippen LogP contribution in [0.3, 0.4) is 0 Å². The molecule has 0 aliphatic heterocycles. The smallest absolute Gasteiger partial charge is 0.337 e. The Balaban J connectivity index is 2.11. The van der Waals surface area contributed by atoms with E-state index in [9.17, 15) is 9.90 Å². The molecule has 0 saturated heterocycles. The van der Waals surface area contributed by atoms with Crippen molar-refractivity contribution in [1.29, 1.82) is 0 Å². The molecule has 1 aromatic heterocycles. The van der Waals surface area contributed by atoms with Crippen molar-refractivity contribution in [2.24, 2.45) is 5.92 Å². The summed E-state index contributed by atoms with van der Waals surface area (Å²) in [6.45, 7) is 8.41. The molecule has 5 heteroatoms. The van der Waals surface area contributed by atoms with Crippen molar-refractivity contribution < 1.29 is 14.6 Å². The van der Waals surface area contributed by atoms with Gasteiger partial charge in [0.25, 0.3) is 0 Å². The van der Waals surface area contributed by atoms with Crippen LogP contribution in [-0.2, 0) is 11.3 Å². The zero-order chi connectivity index (χ0) is 15.4. The predicted molar refractivity (Wildman–Crippen MR) is 81.7 cm³/mol. The summed E-state index contributed by atoms with van der Waals surface area (Å²) in [5.74, 6) is 0.437. The molecule has 21 heavy (non-hydrogen) atoms. The molecule has 0 aliphatic rings. The second-order valence-electron chi connectivity index (χ2n) is 5.61. The van der Waals surface area contributed by atoms with Crippen LogP contribution in [-0.4, -0.2) is 33.8 Å². The first-order valence-electron chi connectivity index (χ1n) is 7.27. The highest BCUT2D eigenvalue weighted by Gasteiger charge is 2.14. The molecule has 0 radical (unpaired) electrons. The quantitative estimate of drug-likeness (QED) is 0.796. The third kappa shape index (κ3) is 3.61. The molecule has 0 bridgehead atoms. The third-order valence-corrected chi connectivity index (χ3v) is 3.32. The van der Waals surface area contributed by atoms with Crippen LogP contribution in [0, 0.1) is 12.8 Å². The molecular formula is C16H22N2O3. The molecule has 0 amide bonds. The fourth-order valence-electron chi connectivity index (χ4n) is 2.36. The van der Waals surface area contributed by atoms with E-state index in [1.165, 1.54) is 0 Å². The van der Waals surface area contributed by atoms with E-state index in [2.05, 4.69) is 23.4 Å². The van der Waals surface area contributed by atoms with Crippen LogP contribution >= 0.6 is 0 Å². The largest absolute Gasteiger partial charge is 0.478 e. The summed E-state index contributed by atoms with van der Waals surface area (Å²) in [6, 6.07) is 5.27. The number of hydrogen-bond donors (Lipinski definition) is 1. The van der Waals surface area contributed by atoms with Crippen LogP contribution in [0.25, 0.3) is 11.0 Å². The third-order valence-electron chi connectivity index (χ3n) is 3.32. The summed E-state index contributed by atoms with van der Waals surface area (Å²) in [5.41, 5.74) is 1.69. The maximum absolute atomic E-state index is 11.2. The first-order chi connectivity index (χ1) is 10.0. The summed E-state index contributed by atoms with van der Waals surface area (Å²) in [5, 5.41) is 9.21. The number of hydrogen-bond acceptors (Lipinski definition) is 3. The molecule has 1 N–H and O–H groups in total. The van der Waals surface area contributed by atoms with Gasteiger partial charge in [-0.1, -0.05) is 19.9 Å². The fourth-order valence-corrected chi connectivity index (χ4v) is 2.36. The highest BCUT2D eigenvalue weighted by atomic mass is 16.5. The molecule has 0 saturated carbocycles. The van der Waals surface area contributed by atoms with Gasteiger partial charge in [-0.15, -0.1) is 0 Å². The van der Waals surface area contributed by atoms with Gasteiger partial charge in [-0.25, -0.2) is 9.78 Å². The van der Waals surface area contributed by atoms with Crippen LogP contribution in [0.1, 0.15) is 36.5 Å². The Morgan fingerprint density at radius 1 is 1.43 bits per heavy atom. The van der Waals surface area contributed by atoms with E-state index in [0.29, 0.717) is 18.0 Å². The minimum Gasteiger partial charge on any atom is -0.478 e. The van der Waals surface area contributed by atoms with E-state index in [1.54, 1.807) is 12.1 Å². The first-order valence-corrected chi connectivity index (χ1v) is 7.27. The predicted octanol–water partition coefficient (Wildman–Crippen LogP) is 3.11. The number of nitrogens with zero attached hydrogens (tertiary/aromatic N) is 2. The lowest BCUT2D eigenvalue weighted by molar-refractivity contribution is 0.0699. The normalized spacial score (nSPS) is 11.4. The van der Waals surface area contributed by atoms with E-state index in [0.717, 1.165) is 30.9 Å². The number of carboxylic acids is 1. The van der Waals surface area contributed by atoms with Crippen LogP contribution in [0.4, 0.5) is 0 Å². The lowest BCUT2D eigenvalue weighted by Crippen LogP contribution is -2.07. The average molecular weight is 290 g/mol. The van der Waals surface area contributed by atoms with E-state index < -0.39 is 5.97 Å². The number of aryl methyl sites for hydroxylation is 2. The molecule has 1 heterocycles. The topological polar surface area (TPSA) is 64.3 Å². The van der Waals surface area contributed by atoms with Crippen molar-refractivity contribution in [2.45, 2.75) is 33.7 Å². The highest BCUT2D eigenvalue weighted by Crippen LogP contribution is 2.20. The Labute approximate surface area is 124 Å². The Bertz CT molecular complexity index is 632. The molecule has 0 aliphatic carbocycles. The Kier molecular flexibility index (Phi) is 4.96. The van der Waals surface area contributed by atoms with Gasteiger partial charge in [-0.3, -0.25) is 0 Å². The van der Waals surface area contributed by atoms with E-state index in [4.69, 9.17) is 4.74 Å². The monoisotopic (exact) mass is 290 g/mol. The molecule has 0 spiro atoms. The van der Waals surface area contributed by atoms with Crippen LogP contribution in [0.15, 0.2) is 18.2 Å². The number of benzene rings is 1. The number of carboxylic acid groups (broad SMARTS) is 1. The average Bonchev–Trinajstić information content (AvgIpc) is 2.73. The number of aromatic carboxylic acids is 1. The summed E-state index contributed by atoms with van der Waals surface area (Å²) >= 11 is 0. The molecule has 1 aromatic carbocycles. The maximum atomic E-state index is 11.2. The number of imidazole rings is 1. The Morgan fingerprint density at radius 3 is 2.86 bits per heavy atom. The van der Waals surface area contributed by atoms with Gasteiger partial charge in [0.15, 0.2) is 0 Å². The van der Waals surface area contributed by atoms with Crippen molar-refractivity contribution in [3.8, 4) is 0 Å². The molecule has 5 nitrogen and oxygen atoms in total. The van der Waals surface area contributed by atoms with E-state index >= 15 is 0 Å². The molecule has 0 atom stereocenters. The summed E-state index contributed by atoms with van der Waals surface area (Å²) in [4.78, 5) is 15.6. The minimum atomic E-state index is -0.939. The van der Waals surface area contributed by atoms with Gasteiger partial charge in [-0.2, -0.15) is 0 Å². The fraction of sp³-hybridized carbons (Fsp3) is 0.500. The van der Waals surface area contributed by atoms with Gasteiger partial charge < -0.3 is 14.4 Å². The standard InChI is InChI=1S/C16H22N2O3/c1-11(2)10-21-9-5-8-18-12(3)17-15-13(16(19)20)6-4-7-14(15)18/h4,6-7,11H,5,8-10H2,1-3H3,(H,19,20). The second kappa shape index (κ2) is 6.72. The first kappa shape index (κ1) is 15.5.